The summed E-state index contributed by atoms with van der Waals surface area (Å²) in [6.07, 6.45) is 26.6. The lowest BCUT2D eigenvalue weighted by atomic mass is 9.95. The predicted molar refractivity (Wildman–Crippen MR) is 80.6 cm³/mol. The lowest BCUT2D eigenvalue weighted by Gasteiger charge is -2.08. The highest BCUT2D eigenvalue weighted by atomic mass is 14.4. The molecular formula is C19H16. The molecule has 92 valence electrons. The van der Waals surface area contributed by atoms with Crippen LogP contribution in [0.5, 0.6) is 0 Å². The summed E-state index contributed by atoms with van der Waals surface area (Å²) in [5.74, 6) is 0.611. The molecule has 0 saturated heterocycles. The molecule has 0 radical (unpaired) electrons. The number of rotatable bonds is 0. The van der Waals surface area contributed by atoms with Gasteiger partial charge in [-0.05, 0) is 40.7 Å². The van der Waals surface area contributed by atoms with Crippen LogP contribution in [0, 0.1) is 5.92 Å². The van der Waals surface area contributed by atoms with Crippen molar-refractivity contribution in [2.24, 2.45) is 5.92 Å². The maximum absolute atomic E-state index is 2.30. The first-order chi connectivity index (χ1) is 9.45. The maximum atomic E-state index is 2.30. The van der Waals surface area contributed by atoms with Crippen LogP contribution in [0.1, 0.15) is 12.8 Å². The van der Waals surface area contributed by atoms with Crippen LogP contribution in [-0.2, 0) is 0 Å². The van der Waals surface area contributed by atoms with Crippen LogP contribution in [0.4, 0.5) is 0 Å². The Hall–Kier alpha value is -2.08. The molecule has 0 aromatic rings. The van der Waals surface area contributed by atoms with Crippen molar-refractivity contribution < 1.29 is 0 Å². The van der Waals surface area contributed by atoms with Gasteiger partial charge in [-0.3, -0.25) is 0 Å². The molecule has 0 heteroatoms. The van der Waals surface area contributed by atoms with Crippen LogP contribution in [0.3, 0.4) is 0 Å². The summed E-state index contributed by atoms with van der Waals surface area (Å²) in [6, 6.07) is 0. The third-order valence-electron chi connectivity index (χ3n) is 4.32. The molecule has 1 atom stereocenters. The lowest BCUT2D eigenvalue weighted by Crippen LogP contribution is -1.96. The van der Waals surface area contributed by atoms with Gasteiger partial charge in [0.2, 0.25) is 0 Å². The Balaban J connectivity index is 1.94. The Labute approximate surface area is 114 Å². The molecule has 1 unspecified atom stereocenters. The molecule has 4 rings (SSSR count). The summed E-state index contributed by atoms with van der Waals surface area (Å²) in [7, 11) is 0. The van der Waals surface area contributed by atoms with Gasteiger partial charge < -0.3 is 0 Å². The minimum atomic E-state index is 0.611. The molecule has 1 saturated carbocycles. The van der Waals surface area contributed by atoms with Crippen molar-refractivity contribution in [2.45, 2.75) is 12.8 Å². The first kappa shape index (κ1) is 10.8. The third-order valence-corrected chi connectivity index (χ3v) is 4.32. The van der Waals surface area contributed by atoms with Gasteiger partial charge in [-0.25, -0.2) is 0 Å². The molecule has 1 fully saturated rings. The third kappa shape index (κ3) is 1.60. The van der Waals surface area contributed by atoms with Gasteiger partial charge in [-0.15, -0.1) is 0 Å². The maximum Gasteiger partial charge on any atom is 0.0107 e. The average Bonchev–Trinajstić information content (AvgIpc) is 2.84. The van der Waals surface area contributed by atoms with Crippen molar-refractivity contribution in [1.29, 1.82) is 0 Å². The van der Waals surface area contributed by atoms with Gasteiger partial charge in [0.25, 0.3) is 0 Å². The molecule has 0 spiro atoms. The van der Waals surface area contributed by atoms with E-state index in [-0.39, 0.29) is 0 Å². The van der Waals surface area contributed by atoms with Crippen LogP contribution in [0.15, 0.2) is 94.7 Å². The number of hydrogen-bond donors (Lipinski definition) is 0. The zero-order valence-electron chi connectivity index (χ0n) is 10.8. The summed E-state index contributed by atoms with van der Waals surface area (Å²) in [6.45, 7) is 0. The van der Waals surface area contributed by atoms with Gasteiger partial charge in [0, 0.05) is 5.92 Å². The highest BCUT2D eigenvalue weighted by molar-refractivity contribution is 5.69. The van der Waals surface area contributed by atoms with Crippen molar-refractivity contribution in [2.75, 3.05) is 0 Å². The molecule has 19 heavy (non-hydrogen) atoms. The first-order valence-corrected chi connectivity index (χ1v) is 6.99. The van der Waals surface area contributed by atoms with Crippen LogP contribution in [0.2, 0.25) is 0 Å². The monoisotopic (exact) mass is 244 g/mol. The zero-order valence-corrected chi connectivity index (χ0v) is 10.8. The fourth-order valence-corrected chi connectivity index (χ4v) is 3.53. The molecule has 0 amide bonds. The molecule has 0 N–H and O–H groups in total. The molecule has 0 aliphatic heterocycles. The van der Waals surface area contributed by atoms with E-state index in [2.05, 4.69) is 66.8 Å². The fraction of sp³-hybridized carbons (Fsp3) is 0.158. The second-order valence-corrected chi connectivity index (χ2v) is 5.33. The van der Waals surface area contributed by atoms with Crippen molar-refractivity contribution in [1.82, 2.24) is 0 Å². The Bertz CT molecular complexity index is 667. The number of allylic oxidation sites excluding steroid dienone is 16. The van der Waals surface area contributed by atoms with E-state index in [1.807, 2.05) is 0 Å². The van der Waals surface area contributed by atoms with E-state index >= 15 is 0 Å². The highest BCUT2D eigenvalue weighted by Crippen LogP contribution is 2.51. The summed E-state index contributed by atoms with van der Waals surface area (Å²) in [5, 5.41) is 0. The Morgan fingerprint density at radius 1 is 0.737 bits per heavy atom. The Morgan fingerprint density at radius 3 is 2.37 bits per heavy atom. The van der Waals surface area contributed by atoms with Gasteiger partial charge in [0.1, 0.15) is 0 Å². The summed E-state index contributed by atoms with van der Waals surface area (Å²) >= 11 is 0. The van der Waals surface area contributed by atoms with Crippen molar-refractivity contribution in [3.05, 3.63) is 94.7 Å². The largest absolute Gasteiger partial charge is 0.0623 e. The van der Waals surface area contributed by atoms with Crippen LogP contribution < -0.4 is 0 Å². The minimum absolute atomic E-state index is 0.611. The normalized spacial score (nSPS) is 38.1. The second kappa shape index (κ2) is 4.24. The van der Waals surface area contributed by atoms with E-state index in [0.717, 1.165) is 0 Å². The number of fused-ring (bicyclic) bond motifs is 2. The lowest BCUT2D eigenvalue weighted by molar-refractivity contribution is 0.749. The molecule has 0 bridgehead atoms. The van der Waals surface area contributed by atoms with Gasteiger partial charge in [-0.1, -0.05) is 66.8 Å². The topological polar surface area (TPSA) is 0 Å². The second-order valence-electron chi connectivity index (χ2n) is 5.33. The zero-order chi connectivity index (χ0) is 12.7. The van der Waals surface area contributed by atoms with Gasteiger partial charge in [0.15, 0.2) is 0 Å². The Morgan fingerprint density at radius 2 is 1.47 bits per heavy atom. The highest BCUT2D eigenvalue weighted by Gasteiger charge is 2.36. The van der Waals surface area contributed by atoms with Crippen molar-refractivity contribution in [3.8, 4) is 0 Å². The van der Waals surface area contributed by atoms with Gasteiger partial charge in [0.05, 0.1) is 0 Å². The van der Waals surface area contributed by atoms with Crippen molar-refractivity contribution >= 4 is 0 Å². The van der Waals surface area contributed by atoms with Crippen LogP contribution in [-0.4, -0.2) is 0 Å². The molecule has 0 nitrogen and oxygen atoms in total. The van der Waals surface area contributed by atoms with Crippen molar-refractivity contribution in [3.63, 3.8) is 0 Å². The smallest absolute Gasteiger partial charge is 0.0107 e. The van der Waals surface area contributed by atoms with Gasteiger partial charge in [-0.2, -0.15) is 0 Å². The Kier molecular flexibility index (Phi) is 2.41. The summed E-state index contributed by atoms with van der Waals surface area (Å²) in [4.78, 5) is 0. The van der Waals surface area contributed by atoms with E-state index in [9.17, 15) is 0 Å². The SMILES string of the molecule is C1=C\C=C/C2=C(\C=C/1)C1=C3C(=C/C=C\C=C/1)\CCC23. The standard InChI is InChI=1S/C19H16/c1-2-6-10-16-15(9-5-1)17-11-7-3-4-8-14-12-13-18(16)19(14)17/h1-11,18H,12-13H2/b2-1-,4-3-,5-1?,6-2?,7-3?,8-4?,9-5-,10-6-,11-7-,14-8-,15-9?,16-10?,17-11?. The van der Waals surface area contributed by atoms with E-state index in [1.54, 1.807) is 5.57 Å². The quantitative estimate of drug-likeness (QED) is 0.577. The molecule has 0 aromatic carbocycles. The molecule has 0 aromatic heterocycles. The van der Waals surface area contributed by atoms with E-state index < -0.39 is 0 Å². The van der Waals surface area contributed by atoms with Crippen LogP contribution in [0.25, 0.3) is 0 Å². The molecule has 0 heterocycles. The predicted octanol–water partition coefficient (Wildman–Crippen LogP) is 4.74. The number of hydrogen-bond acceptors (Lipinski definition) is 0. The van der Waals surface area contributed by atoms with E-state index in [4.69, 9.17) is 0 Å². The van der Waals surface area contributed by atoms with E-state index in [0.29, 0.717) is 5.92 Å². The molecular weight excluding hydrogens is 228 g/mol. The molecule has 4 aliphatic carbocycles. The molecule has 4 aliphatic rings. The summed E-state index contributed by atoms with van der Waals surface area (Å²) in [5.41, 5.74) is 7.45. The average molecular weight is 244 g/mol. The minimum Gasteiger partial charge on any atom is -0.0623 e. The summed E-state index contributed by atoms with van der Waals surface area (Å²) < 4.78 is 0. The first-order valence-electron chi connectivity index (χ1n) is 6.99. The van der Waals surface area contributed by atoms with Gasteiger partial charge >= 0.3 is 0 Å². The fourth-order valence-electron chi connectivity index (χ4n) is 3.53. The van der Waals surface area contributed by atoms with Crippen LogP contribution >= 0.6 is 0 Å². The van der Waals surface area contributed by atoms with E-state index in [1.165, 1.54) is 35.1 Å².